The Hall–Kier alpha value is -0.370. The average molecular weight is 223 g/mol. The molecule has 1 nitrogen and oxygen atoms in total. The van der Waals surface area contributed by atoms with Crippen LogP contribution in [0.2, 0.25) is 0 Å². The quantitative estimate of drug-likeness (QED) is 0.638. The number of aryl methyl sites for hydroxylation is 1. The summed E-state index contributed by atoms with van der Waals surface area (Å²) in [4.78, 5) is 4.64. The van der Waals surface area contributed by atoms with Gasteiger partial charge in [0.15, 0.2) is 0 Å². The molecule has 2 heteroatoms. The Balaban J connectivity index is 2.05. The predicted octanol–water partition coefficient (Wildman–Crippen LogP) is 4.53. The minimum absolute atomic E-state index is 0.555. The van der Waals surface area contributed by atoms with Gasteiger partial charge in [-0.15, -0.1) is 11.3 Å². The van der Waals surface area contributed by atoms with Gasteiger partial charge in [0.2, 0.25) is 0 Å². The third-order valence-corrected chi connectivity index (χ3v) is 4.42. The van der Waals surface area contributed by atoms with Gasteiger partial charge in [-0.1, -0.05) is 20.3 Å². The van der Waals surface area contributed by atoms with E-state index < -0.39 is 0 Å². The molecule has 1 aliphatic rings. The smallest absolute Gasteiger partial charge is 0.0897 e. The zero-order valence-corrected chi connectivity index (χ0v) is 10.9. The Labute approximate surface area is 96.9 Å². The average Bonchev–Trinajstić information content (AvgIpc) is 2.49. The number of hydrogen-bond acceptors (Lipinski definition) is 2. The van der Waals surface area contributed by atoms with Crippen LogP contribution in [0, 0.1) is 12.3 Å². The summed E-state index contributed by atoms with van der Waals surface area (Å²) in [6, 6.07) is 0. The van der Waals surface area contributed by atoms with Crippen LogP contribution < -0.4 is 0 Å². The molecule has 0 aliphatic heterocycles. The van der Waals surface area contributed by atoms with E-state index >= 15 is 0 Å². The summed E-state index contributed by atoms with van der Waals surface area (Å²) in [5, 5.41) is 3.48. The fourth-order valence-electron chi connectivity index (χ4n) is 2.52. The highest BCUT2D eigenvalue weighted by Crippen LogP contribution is 2.40. The monoisotopic (exact) mass is 223 g/mol. The van der Waals surface area contributed by atoms with Crippen molar-refractivity contribution in [3.05, 3.63) is 16.1 Å². The van der Waals surface area contributed by atoms with E-state index in [1.54, 1.807) is 11.3 Å². The van der Waals surface area contributed by atoms with E-state index in [0.717, 1.165) is 5.92 Å². The van der Waals surface area contributed by atoms with Crippen molar-refractivity contribution in [2.45, 2.75) is 58.8 Å². The number of nitrogens with zero attached hydrogens (tertiary/aromatic N) is 1. The number of rotatable bonds is 1. The molecule has 1 heterocycles. The van der Waals surface area contributed by atoms with Crippen molar-refractivity contribution in [3.8, 4) is 0 Å². The lowest BCUT2D eigenvalue weighted by atomic mass is 9.84. The summed E-state index contributed by atoms with van der Waals surface area (Å²) in [7, 11) is 0. The molecule has 0 bridgehead atoms. The summed E-state index contributed by atoms with van der Waals surface area (Å²) in [6.07, 6.45) is 6.78. The Kier molecular flexibility index (Phi) is 3.15. The van der Waals surface area contributed by atoms with Gasteiger partial charge in [-0.25, -0.2) is 4.98 Å². The van der Waals surface area contributed by atoms with E-state index in [9.17, 15) is 0 Å². The highest BCUT2D eigenvalue weighted by Gasteiger charge is 2.25. The normalized spacial score (nSPS) is 26.2. The molecule has 15 heavy (non-hydrogen) atoms. The Morgan fingerprint density at radius 3 is 2.80 bits per heavy atom. The van der Waals surface area contributed by atoms with Gasteiger partial charge in [0, 0.05) is 11.3 Å². The van der Waals surface area contributed by atoms with Gasteiger partial charge in [0.1, 0.15) is 0 Å². The maximum absolute atomic E-state index is 4.64. The van der Waals surface area contributed by atoms with Crippen LogP contribution >= 0.6 is 11.3 Å². The summed E-state index contributed by atoms with van der Waals surface area (Å²) < 4.78 is 0. The molecule has 1 aliphatic carbocycles. The van der Waals surface area contributed by atoms with E-state index in [-0.39, 0.29) is 0 Å². The van der Waals surface area contributed by atoms with Gasteiger partial charge in [0.05, 0.1) is 10.7 Å². The summed E-state index contributed by atoms with van der Waals surface area (Å²) in [6.45, 7) is 6.91. The van der Waals surface area contributed by atoms with Crippen molar-refractivity contribution >= 4 is 11.3 Å². The van der Waals surface area contributed by atoms with Gasteiger partial charge < -0.3 is 0 Å². The zero-order chi connectivity index (χ0) is 10.9. The molecule has 0 spiro atoms. The van der Waals surface area contributed by atoms with E-state index in [4.69, 9.17) is 0 Å². The summed E-state index contributed by atoms with van der Waals surface area (Å²) >= 11 is 1.79. The molecule has 0 amide bonds. The van der Waals surface area contributed by atoms with Crippen LogP contribution in [0.25, 0.3) is 0 Å². The molecular formula is C13H21NS. The van der Waals surface area contributed by atoms with E-state index in [1.165, 1.54) is 42.8 Å². The van der Waals surface area contributed by atoms with Crippen LogP contribution in [0.15, 0.2) is 5.38 Å². The van der Waals surface area contributed by atoms with Crippen molar-refractivity contribution < 1.29 is 0 Å². The van der Waals surface area contributed by atoms with Crippen molar-refractivity contribution in [1.29, 1.82) is 0 Å². The molecule has 2 rings (SSSR count). The first-order chi connectivity index (χ1) is 7.07. The van der Waals surface area contributed by atoms with Crippen LogP contribution in [0.1, 0.15) is 62.6 Å². The summed E-state index contributed by atoms with van der Waals surface area (Å²) in [5.74, 6) is 0.733. The lowest BCUT2D eigenvalue weighted by Crippen LogP contribution is -2.08. The van der Waals surface area contributed by atoms with Gasteiger partial charge in [-0.2, -0.15) is 0 Å². The molecule has 0 radical (unpaired) electrons. The first-order valence-corrected chi connectivity index (χ1v) is 6.87. The maximum atomic E-state index is 4.64. The lowest BCUT2D eigenvalue weighted by Gasteiger charge is -2.21. The SMILES string of the molecule is Cc1nc(C2CCCC(C)(C)CC2)cs1. The number of hydrogen-bond donors (Lipinski definition) is 0. The van der Waals surface area contributed by atoms with Crippen LogP contribution in [0.4, 0.5) is 0 Å². The van der Waals surface area contributed by atoms with Crippen LogP contribution in [0.5, 0.6) is 0 Å². The molecule has 1 unspecified atom stereocenters. The van der Waals surface area contributed by atoms with Crippen LogP contribution in [0.3, 0.4) is 0 Å². The van der Waals surface area contributed by atoms with Crippen molar-refractivity contribution in [2.75, 3.05) is 0 Å². The van der Waals surface area contributed by atoms with E-state index in [0.29, 0.717) is 5.41 Å². The van der Waals surface area contributed by atoms with E-state index in [2.05, 4.69) is 31.1 Å². The van der Waals surface area contributed by atoms with Crippen LogP contribution in [-0.2, 0) is 0 Å². The predicted molar refractivity (Wildman–Crippen MR) is 66.5 cm³/mol. The third kappa shape index (κ3) is 2.81. The molecule has 1 aromatic heterocycles. The molecule has 0 saturated heterocycles. The molecule has 1 aromatic rings. The molecule has 84 valence electrons. The number of aromatic nitrogens is 1. The second-order valence-electron chi connectivity index (χ2n) is 5.58. The lowest BCUT2D eigenvalue weighted by molar-refractivity contribution is 0.312. The molecule has 0 N–H and O–H groups in total. The maximum Gasteiger partial charge on any atom is 0.0897 e. The minimum Gasteiger partial charge on any atom is -0.246 e. The van der Waals surface area contributed by atoms with Gasteiger partial charge in [-0.3, -0.25) is 0 Å². The fourth-order valence-corrected chi connectivity index (χ4v) is 3.22. The Morgan fingerprint density at radius 2 is 2.13 bits per heavy atom. The van der Waals surface area contributed by atoms with Crippen LogP contribution in [-0.4, -0.2) is 4.98 Å². The van der Waals surface area contributed by atoms with Gasteiger partial charge in [-0.05, 0) is 38.0 Å². The number of thiazole rings is 1. The second-order valence-corrected chi connectivity index (χ2v) is 6.65. The highest BCUT2D eigenvalue weighted by atomic mass is 32.1. The largest absolute Gasteiger partial charge is 0.246 e. The third-order valence-electron chi connectivity index (χ3n) is 3.63. The second kappa shape index (κ2) is 4.25. The topological polar surface area (TPSA) is 12.9 Å². The minimum atomic E-state index is 0.555. The van der Waals surface area contributed by atoms with Gasteiger partial charge in [0.25, 0.3) is 0 Å². The molecule has 1 fully saturated rings. The molecule has 0 aromatic carbocycles. The molecular weight excluding hydrogens is 202 g/mol. The highest BCUT2D eigenvalue weighted by molar-refractivity contribution is 7.09. The van der Waals surface area contributed by atoms with Crippen molar-refractivity contribution in [3.63, 3.8) is 0 Å². The zero-order valence-electron chi connectivity index (χ0n) is 10.0. The van der Waals surface area contributed by atoms with Gasteiger partial charge >= 0.3 is 0 Å². The Morgan fingerprint density at radius 1 is 1.33 bits per heavy atom. The fraction of sp³-hybridized carbons (Fsp3) is 0.769. The first-order valence-electron chi connectivity index (χ1n) is 5.99. The molecule has 1 saturated carbocycles. The first kappa shape index (κ1) is 11.1. The standard InChI is InChI=1S/C13H21NS/c1-10-14-12(9-15-10)11-5-4-7-13(2,3)8-6-11/h9,11H,4-8H2,1-3H3. The van der Waals surface area contributed by atoms with E-state index in [1.807, 2.05) is 0 Å². The summed E-state index contributed by atoms with van der Waals surface area (Å²) in [5.41, 5.74) is 1.91. The molecule has 1 atom stereocenters. The Bertz CT molecular complexity index is 327. The van der Waals surface area contributed by atoms with Crippen molar-refractivity contribution in [2.24, 2.45) is 5.41 Å². The van der Waals surface area contributed by atoms with Crippen molar-refractivity contribution in [1.82, 2.24) is 4.98 Å².